The van der Waals surface area contributed by atoms with Crippen molar-refractivity contribution in [2.75, 3.05) is 52.9 Å². The molecule has 0 aromatic heterocycles. The van der Waals surface area contributed by atoms with Crippen LogP contribution in [0.4, 0.5) is 0 Å². The Hall–Kier alpha value is -0.650. The molecule has 5 heteroatoms. The molecule has 1 amide bonds. The molecule has 0 radical (unpaired) electrons. The minimum Gasteiger partial charge on any atom is -0.340 e. The van der Waals surface area contributed by atoms with E-state index in [1.807, 2.05) is 4.90 Å². The molecular weight excluding hydrogens is 300 g/mol. The molecule has 0 aromatic carbocycles. The van der Waals surface area contributed by atoms with Gasteiger partial charge >= 0.3 is 0 Å². The molecule has 1 N–H and O–H groups in total. The van der Waals surface area contributed by atoms with E-state index < -0.39 is 0 Å². The molecule has 5 nitrogen and oxygen atoms in total. The van der Waals surface area contributed by atoms with Crippen LogP contribution in [-0.4, -0.2) is 85.6 Å². The van der Waals surface area contributed by atoms with E-state index in [0.717, 1.165) is 44.7 Å². The molecule has 2 aliphatic heterocycles. The number of nitrogens with one attached hydrogen (secondary N) is 1. The minimum atomic E-state index is 0.322. The number of carbonyl (C=O) groups excluding carboxylic acids is 1. The molecule has 138 valence electrons. The second-order valence-electron chi connectivity index (χ2n) is 8.16. The highest BCUT2D eigenvalue weighted by Crippen LogP contribution is 2.30. The van der Waals surface area contributed by atoms with Gasteiger partial charge in [-0.05, 0) is 52.1 Å². The summed E-state index contributed by atoms with van der Waals surface area (Å²) in [6.07, 6.45) is 7.57. The molecule has 0 unspecified atom stereocenters. The van der Waals surface area contributed by atoms with E-state index in [9.17, 15) is 4.79 Å². The second kappa shape index (κ2) is 8.63. The van der Waals surface area contributed by atoms with Crippen LogP contribution in [0.3, 0.4) is 0 Å². The van der Waals surface area contributed by atoms with Gasteiger partial charge in [0.05, 0.1) is 0 Å². The van der Waals surface area contributed by atoms with E-state index >= 15 is 0 Å². The Morgan fingerprint density at radius 1 is 1.08 bits per heavy atom. The van der Waals surface area contributed by atoms with Gasteiger partial charge < -0.3 is 20.0 Å². The predicted octanol–water partition coefficient (Wildman–Crippen LogP) is 1.39. The number of rotatable bonds is 6. The molecular formula is C19H36N4O. The number of likely N-dealkylation sites (tertiary alicyclic amines) is 1. The van der Waals surface area contributed by atoms with Crippen LogP contribution < -0.4 is 5.32 Å². The molecule has 3 aliphatic rings. The fraction of sp³-hybridized carbons (Fsp3) is 0.947. The molecule has 2 saturated heterocycles. The average molecular weight is 337 g/mol. The third-order valence-corrected chi connectivity index (χ3v) is 6.45. The molecule has 0 aromatic rings. The lowest BCUT2D eigenvalue weighted by Crippen LogP contribution is -2.50. The summed E-state index contributed by atoms with van der Waals surface area (Å²) in [5.41, 5.74) is 0. The quantitative estimate of drug-likeness (QED) is 0.796. The molecule has 1 aliphatic carbocycles. The van der Waals surface area contributed by atoms with Crippen molar-refractivity contribution in [1.29, 1.82) is 0 Å². The van der Waals surface area contributed by atoms with Gasteiger partial charge in [0.25, 0.3) is 0 Å². The summed E-state index contributed by atoms with van der Waals surface area (Å²) in [7, 11) is 2.13. The lowest BCUT2D eigenvalue weighted by Gasteiger charge is -2.44. The summed E-state index contributed by atoms with van der Waals surface area (Å²) >= 11 is 0. The Balaban J connectivity index is 1.34. The van der Waals surface area contributed by atoms with Crippen molar-refractivity contribution >= 4 is 5.91 Å². The Labute approximate surface area is 147 Å². The number of nitrogens with zero attached hydrogens (tertiary/aromatic N) is 3. The molecule has 24 heavy (non-hydrogen) atoms. The molecule has 0 spiro atoms. The number of piperidine rings is 1. The van der Waals surface area contributed by atoms with Gasteiger partial charge in [-0.2, -0.15) is 0 Å². The first-order valence-electron chi connectivity index (χ1n) is 10.1. The number of piperazine rings is 1. The van der Waals surface area contributed by atoms with Gasteiger partial charge in [-0.3, -0.25) is 4.79 Å². The van der Waals surface area contributed by atoms with Crippen molar-refractivity contribution in [3.8, 4) is 0 Å². The zero-order chi connectivity index (χ0) is 16.9. The maximum absolute atomic E-state index is 12.3. The number of carbonyl (C=O) groups is 1. The number of amides is 1. The van der Waals surface area contributed by atoms with Crippen molar-refractivity contribution in [1.82, 2.24) is 20.0 Å². The van der Waals surface area contributed by atoms with Gasteiger partial charge in [0.1, 0.15) is 0 Å². The predicted molar refractivity (Wildman–Crippen MR) is 98.1 cm³/mol. The van der Waals surface area contributed by atoms with Gasteiger partial charge in [0.2, 0.25) is 5.91 Å². The van der Waals surface area contributed by atoms with Gasteiger partial charge in [-0.1, -0.05) is 6.42 Å². The summed E-state index contributed by atoms with van der Waals surface area (Å²) in [5.74, 6) is 1.07. The average Bonchev–Trinajstić information content (AvgIpc) is 2.54. The maximum Gasteiger partial charge on any atom is 0.223 e. The topological polar surface area (TPSA) is 38.8 Å². The summed E-state index contributed by atoms with van der Waals surface area (Å²) in [6.45, 7) is 9.50. The van der Waals surface area contributed by atoms with Gasteiger partial charge in [-0.15, -0.1) is 0 Å². The zero-order valence-electron chi connectivity index (χ0n) is 15.7. The van der Waals surface area contributed by atoms with Crippen LogP contribution in [0.25, 0.3) is 0 Å². The van der Waals surface area contributed by atoms with E-state index in [2.05, 4.69) is 29.1 Å². The monoisotopic (exact) mass is 336 g/mol. The van der Waals surface area contributed by atoms with Crippen molar-refractivity contribution in [2.45, 2.75) is 57.5 Å². The first kappa shape index (κ1) is 18.2. The normalized spacial score (nSPS) is 28.6. The van der Waals surface area contributed by atoms with Crippen molar-refractivity contribution in [2.24, 2.45) is 5.92 Å². The summed E-state index contributed by atoms with van der Waals surface area (Å²) < 4.78 is 0. The van der Waals surface area contributed by atoms with Crippen LogP contribution >= 0.6 is 0 Å². The third kappa shape index (κ3) is 4.70. The highest BCUT2D eigenvalue weighted by molar-refractivity contribution is 5.76. The number of hydrogen-bond donors (Lipinski definition) is 1. The van der Waals surface area contributed by atoms with E-state index in [-0.39, 0.29) is 0 Å². The van der Waals surface area contributed by atoms with Crippen LogP contribution in [-0.2, 0) is 4.79 Å². The smallest absolute Gasteiger partial charge is 0.223 e. The Bertz CT molecular complexity index is 404. The van der Waals surface area contributed by atoms with Crippen LogP contribution in [0.5, 0.6) is 0 Å². The lowest BCUT2D eigenvalue weighted by atomic mass is 9.85. The van der Waals surface area contributed by atoms with Crippen LogP contribution in [0.2, 0.25) is 0 Å². The summed E-state index contributed by atoms with van der Waals surface area (Å²) in [6, 6.07) is 1.40. The van der Waals surface area contributed by atoms with Gasteiger partial charge in [0.15, 0.2) is 0 Å². The highest BCUT2D eigenvalue weighted by atomic mass is 16.2. The summed E-state index contributed by atoms with van der Waals surface area (Å²) in [4.78, 5) is 19.4. The van der Waals surface area contributed by atoms with Crippen LogP contribution in [0.15, 0.2) is 0 Å². The fourth-order valence-corrected chi connectivity index (χ4v) is 4.32. The van der Waals surface area contributed by atoms with Crippen molar-refractivity contribution in [3.63, 3.8) is 0 Å². The van der Waals surface area contributed by atoms with E-state index in [1.165, 1.54) is 45.2 Å². The van der Waals surface area contributed by atoms with Gasteiger partial charge in [-0.25, -0.2) is 0 Å². The molecule has 1 saturated carbocycles. The molecule has 3 fully saturated rings. The van der Waals surface area contributed by atoms with Crippen LogP contribution in [0.1, 0.15) is 45.4 Å². The third-order valence-electron chi connectivity index (χ3n) is 6.45. The largest absolute Gasteiger partial charge is 0.340 e. The van der Waals surface area contributed by atoms with Crippen molar-refractivity contribution in [3.05, 3.63) is 0 Å². The number of hydrogen-bond acceptors (Lipinski definition) is 4. The minimum absolute atomic E-state index is 0.322. The Morgan fingerprint density at radius 2 is 1.83 bits per heavy atom. The highest BCUT2D eigenvalue weighted by Gasteiger charge is 2.31. The van der Waals surface area contributed by atoms with Crippen LogP contribution in [0, 0.1) is 5.92 Å². The first-order valence-corrected chi connectivity index (χ1v) is 10.1. The summed E-state index contributed by atoms with van der Waals surface area (Å²) in [5, 5.41) is 3.64. The Morgan fingerprint density at radius 3 is 2.50 bits per heavy atom. The number of likely N-dealkylation sites (N-methyl/N-ethyl adjacent to an activating group) is 1. The molecule has 3 rings (SSSR count). The van der Waals surface area contributed by atoms with Crippen molar-refractivity contribution < 1.29 is 4.79 Å². The fourth-order valence-electron chi connectivity index (χ4n) is 4.32. The zero-order valence-corrected chi connectivity index (χ0v) is 15.7. The Kier molecular flexibility index (Phi) is 6.53. The standard InChI is InChI=1S/C19H36N4O/c1-16(17-5-4-10-23(15-17)18-6-3-7-18)20-9-8-19(24)22-13-11-21(2)12-14-22/h16-18,20H,3-15H2,1-2H3/t16-,17+/m0/s1. The molecule has 2 heterocycles. The first-order chi connectivity index (χ1) is 11.6. The lowest BCUT2D eigenvalue weighted by molar-refractivity contribution is -0.132. The van der Waals surface area contributed by atoms with E-state index in [4.69, 9.17) is 0 Å². The molecule has 0 bridgehead atoms. The second-order valence-corrected chi connectivity index (χ2v) is 8.16. The van der Waals surface area contributed by atoms with Gasteiger partial charge in [0, 0.05) is 57.8 Å². The maximum atomic E-state index is 12.3. The SMILES string of the molecule is C[C@H](NCCC(=O)N1CCN(C)CC1)[C@@H]1CCCN(C2CCC2)C1. The van der Waals surface area contributed by atoms with E-state index in [0.29, 0.717) is 18.4 Å². The molecule has 2 atom stereocenters. The van der Waals surface area contributed by atoms with E-state index in [1.54, 1.807) is 0 Å².